The van der Waals surface area contributed by atoms with E-state index in [-0.39, 0.29) is 29.0 Å². The molecule has 0 aliphatic heterocycles. The van der Waals surface area contributed by atoms with Crippen molar-refractivity contribution in [2.45, 2.75) is 65.0 Å². The van der Waals surface area contributed by atoms with Crippen LogP contribution in [0.2, 0.25) is 5.02 Å². The second-order valence-electron chi connectivity index (χ2n) is 9.13. The standard InChI is InChI=1S/C24H28ClF2NO2/c1-24(2,3)14-22(29)28-21-11-7-16-6-10-18(30-23(26)27)13-19(16)20(21)12-15-4-8-17(25)9-5-15/h4-6,8-10,13,20-21,23H,7,11-12,14H2,1-3H3,(H,28,29). The number of hydrogen-bond acceptors (Lipinski definition) is 2. The molecular weight excluding hydrogens is 408 g/mol. The molecule has 0 heterocycles. The van der Waals surface area contributed by atoms with Gasteiger partial charge in [-0.05, 0) is 65.6 Å². The van der Waals surface area contributed by atoms with Crippen molar-refractivity contribution in [3.63, 3.8) is 0 Å². The van der Waals surface area contributed by atoms with E-state index >= 15 is 0 Å². The molecule has 6 heteroatoms. The predicted molar refractivity (Wildman–Crippen MR) is 115 cm³/mol. The molecule has 162 valence electrons. The van der Waals surface area contributed by atoms with Crippen molar-refractivity contribution in [3.8, 4) is 5.75 Å². The molecule has 3 rings (SSSR count). The van der Waals surface area contributed by atoms with Gasteiger partial charge < -0.3 is 10.1 Å². The highest BCUT2D eigenvalue weighted by Crippen LogP contribution is 2.37. The largest absolute Gasteiger partial charge is 0.435 e. The summed E-state index contributed by atoms with van der Waals surface area (Å²) < 4.78 is 30.1. The second-order valence-corrected chi connectivity index (χ2v) is 9.56. The summed E-state index contributed by atoms with van der Waals surface area (Å²) in [5, 5.41) is 3.86. The molecule has 0 spiro atoms. The lowest BCUT2D eigenvalue weighted by Crippen LogP contribution is -2.43. The SMILES string of the molecule is CC(C)(C)CC(=O)NC1CCc2ccc(OC(F)F)cc2C1Cc1ccc(Cl)cc1. The third-order valence-corrected chi connectivity index (χ3v) is 5.61. The number of nitrogens with one attached hydrogen (secondary N) is 1. The Morgan fingerprint density at radius 2 is 1.90 bits per heavy atom. The van der Waals surface area contributed by atoms with E-state index in [1.54, 1.807) is 12.1 Å². The van der Waals surface area contributed by atoms with Crippen LogP contribution in [0.3, 0.4) is 0 Å². The molecule has 0 fully saturated rings. The first-order valence-electron chi connectivity index (χ1n) is 10.2. The van der Waals surface area contributed by atoms with Crippen LogP contribution in [-0.4, -0.2) is 18.6 Å². The van der Waals surface area contributed by atoms with Crippen molar-refractivity contribution in [2.24, 2.45) is 5.41 Å². The van der Waals surface area contributed by atoms with Gasteiger partial charge in [0, 0.05) is 23.4 Å². The highest BCUT2D eigenvalue weighted by Gasteiger charge is 2.32. The number of benzene rings is 2. The third kappa shape index (κ3) is 6.18. The molecule has 2 aromatic carbocycles. The van der Waals surface area contributed by atoms with Crippen molar-refractivity contribution in [1.29, 1.82) is 0 Å². The molecule has 1 aliphatic carbocycles. The van der Waals surface area contributed by atoms with Gasteiger partial charge in [0.1, 0.15) is 5.75 Å². The van der Waals surface area contributed by atoms with Gasteiger partial charge in [-0.1, -0.05) is 50.6 Å². The van der Waals surface area contributed by atoms with Gasteiger partial charge in [0.2, 0.25) is 5.91 Å². The Hall–Kier alpha value is -2.14. The Morgan fingerprint density at radius 3 is 2.53 bits per heavy atom. The molecule has 2 atom stereocenters. The zero-order valence-corrected chi connectivity index (χ0v) is 18.3. The van der Waals surface area contributed by atoms with E-state index in [4.69, 9.17) is 11.6 Å². The Kier molecular flexibility index (Phi) is 7.02. The maximum Gasteiger partial charge on any atom is 0.387 e. The van der Waals surface area contributed by atoms with Gasteiger partial charge in [-0.15, -0.1) is 0 Å². The van der Waals surface area contributed by atoms with Crippen molar-refractivity contribution < 1.29 is 18.3 Å². The first-order valence-corrected chi connectivity index (χ1v) is 10.6. The summed E-state index contributed by atoms with van der Waals surface area (Å²) in [6, 6.07) is 12.7. The van der Waals surface area contributed by atoms with Gasteiger partial charge in [-0.2, -0.15) is 8.78 Å². The number of hydrogen-bond donors (Lipinski definition) is 1. The summed E-state index contributed by atoms with van der Waals surface area (Å²) in [4.78, 5) is 12.6. The van der Waals surface area contributed by atoms with Gasteiger partial charge in [-0.3, -0.25) is 4.79 Å². The molecule has 1 aliphatic rings. The number of aryl methyl sites for hydroxylation is 1. The minimum absolute atomic E-state index is 0.0111. The maximum absolute atomic E-state index is 12.7. The van der Waals surface area contributed by atoms with E-state index in [2.05, 4.69) is 10.1 Å². The number of carbonyl (C=O) groups excluding carboxylic acids is 1. The van der Waals surface area contributed by atoms with Crippen LogP contribution in [-0.2, 0) is 17.6 Å². The third-order valence-electron chi connectivity index (χ3n) is 5.36. The normalized spacial score (nSPS) is 18.8. The number of halogens is 3. The van der Waals surface area contributed by atoms with Crippen molar-refractivity contribution in [2.75, 3.05) is 0 Å². The molecule has 30 heavy (non-hydrogen) atoms. The van der Waals surface area contributed by atoms with Crippen LogP contribution in [0, 0.1) is 5.41 Å². The minimum Gasteiger partial charge on any atom is -0.435 e. The zero-order chi connectivity index (χ0) is 21.9. The zero-order valence-electron chi connectivity index (χ0n) is 17.6. The van der Waals surface area contributed by atoms with E-state index in [1.165, 1.54) is 0 Å². The van der Waals surface area contributed by atoms with Crippen molar-refractivity contribution >= 4 is 17.5 Å². The molecule has 0 saturated heterocycles. The lowest BCUT2D eigenvalue weighted by molar-refractivity contribution is -0.123. The highest BCUT2D eigenvalue weighted by molar-refractivity contribution is 6.30. The number of rotatable bonds is 6. The minimum atomic E-state index is -2.87. The molecule has 1 N–H and O–H groups in total. The van der Waals surface area contributed by atoms with Crippen LogP contribution in [0.25, 0.3) is 0 Å². The fraction of sp³-hybridized carbons (Fsp3) is 0.458. The maximum atomic E-state index is 12.7. The number of alkyl halides is 2. The molecule has 0 bridgehead atoms. The molecular formula is C24H28ClF2NO2. The first kappa shape index (κ1) is 22.5. The smallest absolute Gasteiger partial charge is 0.387 e. The van der Waals surface area contributed by atoms with Crippen LogP contribution in [0.1, 0.15) is 56.2 Å². The quantitative estimate of drug-likeness (QED) is 0.592. The summed E-state index contributed by atoms with van der Waals surface area (Å²) >= 11 is 6.02. The van der Waals surface area contributed by atoms with E-state index < -0.39 is 6.61 Å². The molecule has 2 aromatic rings. The van der Waals surface area contributed by atoms with Gasteiger partial charge >= 0.3 is 6.61 Å². The van der Waals surface area contributed by atoms with Gasteiger partial charge in [0.05, 0.1) is 0 Å². The Labute approximate surface area is 181 Å². The fourth-order valence-corrected chi connectivity index (χ4v) is 4.22. The summed E-state index contributed by atoms with van der Waals surface area (Å²) in [6.45, 7) is 3.22. The number of amides is 1. The molecule has 0 radical (unpaired) electrons. The van der Waals surface area contributed by atoms with Crippen molar-refractivity contribution in [1.82, 2.24) is 5.32 Å². The summed E-state index contributed by atoms with van der Waals surface area (Å²) in [7, 11) is 0. The molecule has 1 amide bonds. The number of fused-ring (bicyclic) bond motifs is 1. The molecule has 2 unspecified atom stereocenters. The van der Waals surface area contributed by atoms with Crippen LogP contribution >= 0.6 is 11.6 Å². The van der Waals surface area contributed by atoms with Crippen LogP contribution in [0.5, 0.6) is 5.75 Å². The average molecular weight is 436 g/mol. The monoisotopic (exact) mass is 435 g/mol. The van der Waals surface area contributed by atoms with E-state index in [0.29, 0.717) is 17.9 Å². The highest BCUT2D eigenvalue weighted by atomic mass is 35.5. The average Bonchev–Trinajstić information content (AvgIpc) is 2.63. The van der Waals surface area contributed by atoms with E-state index in [0.717, 1.165) is 29.5 Å². The lowest BCUT2D eigenvalue weighted by Gasteiger charge is -2.35. The van der Waals surface area contributed by atoms with Gasteiger partial charge in [-0.25, -0.2) is 0 Å². The van der Waals surface area contributed by atoms with Gasteiger partial charge in [0.25, 0.3) is 0 Å². The second kappa shape index (κ2) is 9.34. The lowest BCUT2D eigenvalue weighted by atomic mass is 9.76. The fourth-order valence-electron chi connectivity index (χ4n) is 4.09. The van der Waals surface area contributed by atoms with Crippen LogP contribution in [0.15, 0.2) is 42.5 Å². The summed E-state index contributed by atoms with van der Waals surface area (Å²) in [6.07, 6.45) is 2.68. The van der Waals surface area contributed by atoms with Crippen LogP contribution < -0.4 is 10.1 Å². The summed E-state index contributed by atoms with van der Waals surface area (Å²) in [5.41, 5.74) is 3.03. The number of carbonyl (C=O) groups is 1. The molecule has 0 aromatic heterocycles. The predicted octanol–water partition coefficient (Wildman–Crippen LogP) is 6.13. The Bertz CT molecular complexity index is 878. The summed E-state index contributed by atoms with van der Waals surface area (Å²) in [5.74, 6) is 0.114. The molecule has 0 saturated carbocycles. The molecule has 3 nitrogen and oxygen atoms in total. The topological polar surface area (TPSA) is 38.3 Å². The van der Waals surface area contributed by atoms with Crippen molar-refractivity contribution in [3.05, 3.63) is 64.2 Å². The Balaban J connectivity index is 1.90. The number of ether oxygens (including phenoxy) is 1. The van der Waals surface area contributed by atoms with E-state index in [1.807, 2.05) is 51.1 Å². The first-order chi connectivity index (χ1) is 14.1. The Morgan fingerprint density at radius 1 is 1.20 bits per heavy atom. The van der Waals surface area contributed by atoms with E-state index in [9.17, 15) is 13.6 Å². The van der Waals surface area contributed by atoms with Crippen LogP contribution in [0.4, 0.5) is 8.78 Å². The van der Waals surface area contributed by atoms with Gasteiger partial charge in [0.15, 0.2) is 0 Å².